The van der Waals surface area contributed by atoms with Gasteiger partial charge in [0, 0.05) is 5.41 Å². The molecule has 14 N–H and O–H groups in total. The van der Waals surface area contributed by atoms with E-state index in [1.807, 2.05) is 0 Å². The predicted octanol–water partition coefficient (Wildman–Crippen LogP) is -3.29. The van der Waals surface area contributed by atoms with Gasteiger partial charge in [0.2, 0.25) is 0 Å². The molecule has 4 heterocycles. The van der Waals surface area contributed by atoms with E-state index in [9.17, 15) is 71.5 Å². The van der Waals surface area contributed by atoms with Crippen molar-refractivity contribution in [1.29, 1.82) is 0 Å². The zero-order chi connectivity index (χ0) is 50.7. The number of ether oxygens (including phenoxy) is 8. The second kappa shape index (κ2) is 22.4. The van der Waals surface area contributed by atoms with Crippen molar-refractivity contribution in [2.24, 2.45) is 46.3 Å². The molecular formula is C48H82O22. The SMILES string of the molecule is CCC[C@@H](C)[C@H]1CC[C@H]2C3C(O[C@@H]4OC(CO)[C@@H](O[C@H]5OC(CO)[C@@H](O)[C@H](O)C5O)[C@H](O)C4O)C[C@@H]4CCCC[C@]4(C)[C@H]3C[C@H](O[C@@H]3OC(CO)[C@@H](O[C@H]4OC(CO)[C@@H](O)[C@H](O)C4O)[C@H](O)C3O)[C@]12C. The second-order valence-corrected chi connectivity index (χ2v) is 22.3. The maximum Gasteiger partial charge on any atom is 0.187 e. The molecule has 0 aromatic carbocycles. The molecule has 30 atom stereocenters. The lowest BCUT2D eigenvalue weighted by atomic mass is 9.43. The molecule has 0 radical (unpaired) electrons. The van der Waals surface area contributed by atoms with Gasteiger partial charge in [-0.2, -0.15) is 0 Å². The highest BCUT2D eigenvalue weighted by atomic mass is 16.8. The minimum absolute atomic E-state index is 0.0389. The highest BCUT2D eigenvalue weighted by Crippen LogP contribution is 2.69. The molecule has 406 valence electrons. The van der Waals surface area contributed by atoms with E-state index in [4.69, 9.17) is 37.9 Å². The smallest absolute Gasteiger partial charge is 0.187 e. The summed E-state index contributed by atoms with van der Waals surface area (Å²) in [6, 6.07) is 0. The number of hydrogen-bond acceptors (Lipinski definition) is 22. The van der Waals surface area contributed by atoms with Gasteiger partial charge in [-0.25, -0.2) is 0 Å². The van der Waals surface area contributed by atoms with Crippen molar-refractivity contribution in [3.05, 3.63) is 0 Å². The van der Waals surface area contributed by atoms with Crippen LogP contribution in [0, 0.1) is 46.3 Å². The summed E-state index contributed by atoms with van der Waals surface area (Å²) >= 11 is 0. The maximum atomic E-state index is 11.8. The second-order valence-electron chi connectivity index (χ2n) is 22.3. The van der Waals surface area contributed by atoms with E-state index in [1.165, 1.54) is 0 Å². The molecule has 0 amide bonds. The third-order valence-corrected chi connectivity index (χ3v) is 18.7. The van der Waals surface area contributed by atoms with Gasteiger partial charge in [-0.15, -0.1) is 0 Å². The number of fused-ring (bicyclic) bond motifs is 5. The van der Waals surface area contributed by atoms with Crippen molar-refractivity contribution in [2.75, 3.05) is 26.4 Å². The monoisotopic (exact) mass is 1010 g/mol. The summed E-state index contributed by atoms with van der Waals surface area (Å²) in [4.78, 5) is 0. The average Bonchev–Trinajstić information content (AvgIpc) is 3.71. The van der Waals surface area contributed by atoms with Gasteiger partial charge in [0.25, 0.3) is 0 Å². The number of aliphatic hydroxyl groups is 14. The lowest BCUT2D eigenvalue weighted by Gasteiger charge is -2.65. The minimum Gasteiger partial charge on any atom is -0.394 e. The molecule has 10 unspecified atom stereocenters. The fourth-order valence-corrected chi connectivity index (χ4v) is 14.8. The van der Waals surface area contributed by atoms with E-state index in [0.717, 1.165) is 51.4 Å². The molecule has 70 heavy (non-hydrogen) atoms. The average molecular weight is 1010 g/mol. The van der Waals surface area contributed by atoms with Crippen molar-refractivity contribution in [3.63, 3.8) is 0 Å². The van der Waals surface area contributed by atoms with E-state index >= 15 is 0 Å². The van der Waals surface area contributed by atoms with Crippen LogP contribution in [0.3, 0.4) is 0 Å². The van der Waals surface area contributed by atoms with E-state index in [2.05, 4.69) is 27.7 Å². The molecule has 22 nitrogen and oxygen atoms in total. The summed E-state index contributed by atoms with van der Waals surface area (Å²) < 4.78 is 49.2. The largest absolute Gasteiger partial charge is 0.394 e. The molecule has 4 saturated carbocycles. The Bertz CT molecular complexity index is 1680. The van der Waals surface area contributed by atoms with Gasteiger partial charge in [-0.1, -0.05) is 53.4 Å². The number of aliphatic hydroxyl groups excluding tert-OH is 14. The summed E-state index contributed by atoms with van der Waals surface area (Å²) in [6.45, 7) is 6.06. The summed E-state index contributed by atoms with van der Waals surface area (Å²) in [5.74, 6) is 0.345. The molecule has 8 fully saturated rings. The molecule has 22 heteroatoms. The molecule has 8 aliphatic rings. The highest BCUT2D eigenvalue weighted by Gasteiger charge is 2.68. The van der Waals surface area contributed by atoms with Crippen molar-refractivity contribution in [3.8, 4) is 0 Å². The number of hydrogen-bond donors (Lipinski definition) is 14. The summed E-state index contributed by atoms with van der Waals surface area (Å²) in [5.41, 5.74) is -0.767. The zero-order valence-corrected chi connectivity index (χ0v) is 40.6. The Morgan fingerprint density at radius 3 is 1.49 bits per heavy atom. The van der Waals surface area contributed by atoms with Crippen molar-refractivity contribution >= 4 is 0 Å². The van der Waals surface area contributed by atoms with Crippen LogP contribution in [0.15, 0.2) is 0 Å². The minimum atomic E-state index is -1.81. The molecule has 4 aliphatic heterocycles. The Kier molecular flexibility index (Phi) is 17.7. The molecule has 4 aliphatic carbocycles. The van der Waals surface area contributed by atoms with Crippen LogP contribution in [0.1, 0.15) is 91.9 Å². The van der Waals surface area contributed by atoms with Crippen molar-refractivity contribution in [1.82, 2.24) is 0 Å². The summed E-state index contributed by atoms with van der Waals surface area (Å²) in [7, 11) is 0. The normalized spacial score (nSPS) is 54.5. The summed E-state index contributed by atoms with van der Waals surface area (Å²) in [5, 5.41) is 150. The fraction of sp³-hybridized carbons (Fsp3) is 1.00. The third-order valence-electron chi connectivity index (χ3n) is 18.7. The van der Waals surface area contributed by atoms with Crippen LogP contribution in [-0.4, -0.2) is 233 Å². The first-order chi connectivity index (χ1) is 33.3. The van der Waals surface area contributed by atoms with Crippen molar-refractivity contribution in [2.45, 2.75) is 227 Å². The van der Waals surface area contributed by atoms with Crippen LogP contribution in [0.2, 0.25) is 0 Å². The Labute approximate surface area is 408 Å². The van der Waals surface area contributed by atoms with E-state index in [1.54, 1.807) is 0 Å². The Balaban J connectivity index is 1.06. The summed E-state index contributed by atoms with van der Waals surface area (Å²) in [6.07, 6.45) is -24.4. The third kappa shape index (κ3) is 9.79. The lowest BCUT2D eigenvalue weighted by Crippen LogP contribution is -2.67. The number of rotatable bonds is 15. The molecule has 0 bridgehead atoms. The Hall–Kier alpha value is -0.880. The molecule has 0 spiro atoms. The topological polar surface area (TPSA) is 357 Å². The lowest BCUT2D eigenvalue weighted by molar-refractivity contribution is -0.375. The van der Waals surface area contributed by atoms with E-state index in [0.29, 0.717) is 12.8 Å². The van der Waals surface area contributed by atoms with Crippen LogP contribution >= 0.6 is 0 Å². The fourth-order valence-electron chi connectivity index (χ4n) is 14.8. The van der Waals surface area contributed by atoms with Gasteiger partial charge in [0.05, 0.1) is 38.6 Å². The van der Waals surface area contributed by atoms with Crippen LogP contribution in [0.4, 0.5) is 0 Å². The molecular weight excluding hydrogens is 929 g/mol. The predicted molar refractivity (Wildman–Crippen MR) is 237 cm³/mol. The molecule has 8 rings (SSSR count). The van der Waals surface area contributed by atoms with Gasteiger partial charge in [-0.3, -0.25) is 0 Å². The Morgan fingerprint density at radius 2 is 0.986 bits per heavy atom. The molecule has 0 aromatic rings. The van der Waals surface area contributed by atoms with E-state index < -0.39 is 167 Å². The molecule has 0 aromatic heterocycles. The Morgan fingerprint density at radius 1 is 0.514 bits per heavy atom. The van der Waals surface area contributed by atoms with Crippen LogP contribution in [0.5, 0.6) is 0 Å². The first-order valence-electron chi connectivity index (χ1n) is 25.8. The maximum absolute atomic E-state index is 11.8. The van der Waals surface area contributed by atoms with Gasteiger partial charge in [-0.05, 0) is 79.4 Å². The van der Waals surface area contributed by atoms with Crippen LogP contribution in [0.25, 0.3) is 0 Å². The molecule has 4 saturated heterocycles. The van der Waals surface area contributed by atoms with Gasteiger partial charge >= 0.3 is 0 Å². The van der Waals surface area contributed by atoms with Gasteiger partial charge < -0.3 is 109 Å². The zero-order valence-electron chi connectivity index (χ0n) is 40.6. The quantitative estimate of drug-likeness (QED) is 0.0715. The van der Waals surface area contributed by atoms with Crippen molar-refractivity contribution < 1.29 is 109 Å². The van der Waals surface area contributed by atoms with Gasteiger partial charge in [0.15, 0.2) is 25.2 Å². The van der Waals surface area contributed by atoms with E-state index in [-0.39, 0.29) is 40.9 Å². The van der Waals surface area contributed by atoms with Gasteiger partial charge in [0.1, 0.15) is 97.7 Å². The first kappa shape index (κ1) is 55.4. The van der Waals surface area contributed by atoms with Crippen LogP contribution in [-0.2, 0) is 37.9 Å². The first-order valence-corrected chi connectivity index (χ1v) is 25.8. The standard InChI is InChI=1S/C48H82O22/c1-5-8-19(2)21-10-11-22-30-23(14-29(48(21,22)4)68-44-40(62)36(58)42(28(18-52)67-44)70-46-38(60)34(56)32(54)26(16-50)65-46)47(3)12-7-6-9-20(47)13-24(30)63-43-39(61)35(57)41(27(17-51)66-43)69-45-37(59)33(55)31(53)25(15-49)64-45/h19-46,49-62H,5-18H2,1-4H3/t19-,20+,21-,22+,23+,24?,25?,26?,27?,28?,29+,30?,31-,32-,33+,34+,35-,36-,37?,38?,39?,40?,41-,42-,43-,44+,45-,46-,47+,48-/m1/s1. The van der Waals surface area contributed by atoms with Crippen LogP contribution < -0.4 is 0 Å². The highest BCUT2D eigenvalue weighted by molar-refractivity contribution is 5.15.